The molecule has 0 aliphatic carbocycles. The third kappa shape index (κ3) is 2.80. The number of nitrogens with zero attached hydrogens (tertiary/aromatic N) is 2. The van der Waals surface area contributed by atoms with Crippen molar-refractivity contribution in [3.8, 4) is 0 Å². The molecular weight excluding hydrogens is 254 g/mol. The molecule has 0 spiro atoms. The van der Waals surface area contributed by atoms with Gasteiger partial charge in [-0.3, -0.25) is 0 Å². The lowest BCUT2D eigenvalue weighted by molar-refractivity contribution is 0.0730. The number of anilines is 1. The summed E-state index contributed by atoms with van der Waals surface area (Å²) in [6.45, 7) is 4.40. The summed E-state index contributed by atoms with van der Waals surface area (Å²) in [5, 5.41) is 3.03. The molecule has 0 unspecified atom stereocenters. The Kier molecular flexibility index (Phi) is 4.15. The molecule has 0 aromatic carbocycles. The molecular formula is C11H17N3O3S. The normalized spacial score (nSPS) is 17.6. The smallest absolute Gasteiger partial charge is 0.244 e. The molecule has 0 bridgehead atoms. The molecule has 1 aliphatic rings. The van der Waals surface area contributed by atoms with E-state index in [2.05, 4.69) is 10.3 Å². The van der Waals surface area contributed by atoms with E-state index in [0.29, 0.717) is 32.1 Å². The highest BCUT2D eigenvalue weighted by atomic mass is 32.2. The van der Waals surface area contributed by atoms with Gasteiger partial charge in [0, 0.05) is 25.8 Å². The summed E-state index contributed by atoms with van der Waals surface area (Å²) in [4.78, 5) is 4.31. The van der Waals surface area contributed by atoms with Crippen LogP contribution in [0, 0.1) is 0 Å². The Bertz CT molecular complexity index is 481. The van der Waals surface area contributed by atoms with Crippen molar-refractivity contribution >= 4 is 15.8 Å². The Morgan fingerprint density at radius 2 is 2.11 bits per heavy atom. The average molecular weight is 271 g/mol. The first-order chi connectivity index (χ1) is 8.64. The quantitative estimate of drug-likeness (QED) is 0.865. The fraction of sp³-hybridized carbons (Fsp3) is 0.545. The van der Waals surface area contributed by atoms with Gasteiger partial charge in [0.1, 0.15) is 10.7 Å². The van der Waals surface area contributed by atoms with Crippen LogP contribution in [0.2, 0.25) is 0 Å². The zero-order valence-corrected chi connectivity index (χ0v) is 11.1. The first kappa shape index (κ1) is 13.3. The second kappa shape index (κ2) is 5.64. The lowest BCUT2D eigenvalue weighted by Crippen LogP contribution is -2.40. The van der Waals surface area contributed by atoms with Crippen molar-refractivity contribution in [2.45, 2.75) is 11.8 Å². The molecule has 0 atom stereocenters. The number of sulfonamides is 1. The van der Waals surface area contributed by atoms with Crippen LogP contribution in [0.4, 0.5) is 5.82 Å². The Labute approximate surface area is 107 Å². The molecule has 1 aliphatic heterocycles. The maximum Gasteiger partial charge on any atom is 0.244 e. The van der Waals surface area contributed by atoms with Gasteiger partial charge in [-0.15, -0.1) is 0 Å². The largest absolute Gasteiger partial charge is 0.379 e. The van der Waals surface area contributed by atoms with Crippen molar-refractivity contribution in [2.75, 3.05) is 38.2 Å². The van der Waals surface area contributed by atoms with Gasteiger partial charge >= 0.3 is 0 Å². The maximum absolute atomic E-state index is 12.3. The third-order valence-corrected chi connectivity index (χ3v) is 4.58. The van der Waals surface area contributed by atoms with Crippen LogP contribution in [0.5, 0.6) is 0 Å². The van der Waals surface area contributed by atoms with Gasteiger partial charge in [-0.2, -0.15) is 4.31 Å². The standard InChI is InChI=1S/C11H17N3O3S/c1-2-12-11-4-3-10(9-13-11)18(15,16)14-5-7-17-8-6-14/h3-4,9H,2,5-8H2,1H3,(H,12,13). The number of ether oxygens (including phenoxy) is 1. The Balaban J connectivity index is 2.18. The molecule has 6 nitrogen and oxygen atoms in total. The number of rotatable bonds is 4. The molecule has 100 valence electrons. The van der Waals surface area contributed by atoms with Gasteiger partial charge in [-0.1, -0.05) is 0 Å². The summed E-state index contributed by atoms with van der Waals surface area (Å²) in [6.07, 6.45) is 1.39. The van der Waals surface area contributed by atoms with Crippen molar-refractivity contribution in [3.05, 3.63) is 18.3 Å². The first-order valence-electron chi connectivity index (χ1n) is 5.92. The van der Waals surface area contributed by atoms with Gasteiger partial charge in [0.05, 0.1) is 13.2 Å². The van der Waals surface area contributed by atoms with Crippen LogP contribution in [-0.4, -0.2) is 50.6 Å². The molecule has 1 aromatic heterocycles. The molecule has 1 fully saturated rings. The summed E-state index contributed by atoms with van der Waals surface area (Å²) in [5.74, 6) is 0.679. The maximum atomic E-state index is 12.3. The van der Waals surface area contributed by atoms with Gasteiger partial charge in [-0.25, -0.2) is 13.4 Å². The zero-order chi connectivity index (χ0) is 13.0. The number of hydrogen-bond donors (Lipinski definition) is 1. The lowest BCUT2D eigenvalue weighted by Gasteiger charge is -2.25. The number of morpholine rings is 1. The van der Waals surface area contributed by atoms with Gasteiger partial charge in [0.15, 0.2) is 0 Å². The Hall–Kier alpha value is -1.18. The summed E-state index contributed by atoms with van der Waals surface area (Å²) in [7, 11) is -3.43. The van der Waals surface area contributed by atoms with E-state index in [1.165, 1.54) is 10.5 Å². The molecule has 18 heavy (non-hydrogen) atoms. The second-order valence-electron chi connectivity index (χ2n) is 3.93. The van der Waals surface area contributed by atoms with Crippen LogP contribution in [0.1, 0.15) is 6.92 Å². The van der Waals surface area contributed by atoms with Gasteiger partial charge in [0.2, 0.25) is 10.0 Å². The fourth-order valence-corrected chi connectivity index (χ4v) is 3.11. The van der Waals surface area contributed by atoms with E-state index in [9.17, 15) is 8.42 Å². The van der Waals surface area contributed by atoms with Crippen molar-refractivity contribution in [3.63, 3.8) is 0 Å². The highest BCUT2D eigenvalue weighted by Gasteiger charge is 2.26. The number of nitrogens with one attached hydrogen (secondary N) is 1. The third-order valence-electron chi connectivity index (χ3n) is 2.70. The van der Waals surface area contributed by atoms with Crippen LogP contribution in [0.3, 0.4) is 0 Å². The number of hydrogen-bond acceptors (Lipinski definition) is 5. The minimum atomic E-state index is -3.43. The number of pyridine rings is 1. The molecule has 1 aromatic rings. The van der Waals surface area contributed by atoms with E-state index >= 15 is 0 Å². The minimum Gasteiger partial charge on any atom is -0.379 e. The predicted molar refractivity (Wildman–Crippen MR) is 68.0 cm³/mol. The summed E-state index contributed by atoms with van der Waals surface area (Å²) in [5.41, 5.74) is 0. The molecule has 2 rings (SSSR count). The first-order valence-corrected chi connectivity index (χ1v) is 7.36. The average Bonchev–Trinajstić information content (AvgIpc) is 2.41. The molecule has 2 heterocycles. The van der Waals surface area contributed by atoms with E-state index in [0.717, 1.165) is 6.54 Å². The molecule has 1 N–H and O–H groups in total. The summed E-state index contributed by atoms with van der Waals surface area (Å²) < 4.78 is 31.1. The molecule has 7 heteroatoms. The second-order valence-corrected chi connectivity index (χ2v) is 5.86. The van der Waals surface area contributed by atoms with E-state index in [-0.39, 0.29) is 4.90 Å². The van der Waals surface area contributed by atoms with E-state index in [4.69, 9.17) is 4.74 Å². The van der Waals surface area contributed by atoms with Gasteiger partial charge in [-0.05, 0) is 19.1 Å². The minimum absolute atomic E-state index is 0.228. The Morgan fingerprint density at radius 3 is 2.67 bits per heavy atom. The highest BCUT2D eigenvalue weighted by Crippen LogP contribution is 2.17. The lowest BCUT2D eigenvalue weighted by atomic mass is 10.4. The van der Waals surface area contributed by atoms with Crippen LogP contribution in [-0.2, 0) is 14.8 Å². The van der Waals surface area contributed by atoms with Crippen LogP contribution in [0.15, 0.2) is 23.2 Å². The Morgan fingerprint density at radius 1 is 1.39 bits per heavy atom. The molecule has 0 amide bonds. The summed E-state index contributed by atoms with van der Waals surface area (Å²) in [6, 6.07) is 3.26. The molecule has 0 saturated carbocycles. The SMILES string of the molecule is CCNc1ccc(S(=O)(=O)N2CCOCC2)cn1. The van der Waals surface area contributed by atoms with Crippen molar-refractivity contribution in [2.24, 2.45) is 0 Å². The topological polar surface area (TPSA) is 71.5 Å². The van der Waals surface area contributed by atoms with Crippen LogP contribution >= 0.6 is 0 Å². The molecule has 0 radical (unpaired) electrons. The zero-order valence-electron chi connectivity index (χ0n) is 10.3. The summed E-state index contributed by atoms with van der Waals surface area (Å²) >= 11 is 0. The monoisotopic (exact) mass is 271 g/mol. The number of aromatic nitrogens is 1. The fourth-order valence-electron chi connectivity index (χ4n) is 1.75. The van der Waals surface area contributed by atoms with Gasteiger partial charge in [0.25, 0.3) is 0 Å². The predicted octanol–water partition coefficient (Wildman–Crippen LogP) is 0.534. The van der Waals surface area contributed by atoms with Crippen LogP contribution < -0.4 is 5.32 Å². The molecule has 1 saturated heterocycles. The van der Waals surface area contributed by atoms with E-state index in [1.54, 1.807) is 12.1 Å². The van der Waals surface area contributed by atoms with Crippen LogP contribution in [0.25, 0.3) is 0 Å². The van der Waals surface area contributed by atoms with E-state index in [1.807, 2.05) is 6.92 Å². The van der Waals surface area contributed by atoms with E-state index < -0.39 is 10.0 Å². The van der Waals surface area contributed by atoms with Gasteiger partial charge < -0.3 is 10.1 Å². The van der Waals surface area contributed by atoms with Crippen molar-refractivity contribution in [1.82, 2.24) is 9.29 Å². The van der Waals surface area contributed by atoms with Crippen molar-refractivity contribution in [1.29, 1.82) is 0 Å². The van der Waals surface area contributed by atoms with Crippen molar-refractivity contribution < 1.29 is 13.2 Å². The highest BCUT2D eigenvalue weighted by molar-refractivity contribution is 7.89.